The number of aromatic nitrogens is 5. The zero-order valence-corrected chi connectivity index (χ0v) is 16.6. The molecule has 0 spiro atoms. The van der Waals surface area contributed by atoms with Crippen molar-refractivity contribution in [3.63, 3.8) is 0 Å². The number of fused-ring (bicyclic) bond motifs is 1. The molecule has 0 aromatic carbocycles. The van der Waals surface area contributed by atoms with Crippen LogP contribution in [-0.2, 0) is 17.9 Å². The third-order valence-electron chi connectivity index (χ3n) is 4.04. The Morgan fingerprint density at radius 2 is 2.18 bits per heavy atom. The van der Waals surface area contributed by atoms with Crippen LogP contribution in [0.2, 0.25) is 5.02 Å². The van der Waals surface area contributed by atoms with Crippen LogP contribution in [-0.4, -0.2) is 35.8 Å². The van der Waals surface area contributed by atoms with Crippen LogP contribution in [0.25, 0.3) is 17.2 Å². The number of thioether (sulfide) groups is 1. The molecular formula is C18H17ClN6O2S. The van der Waals surface area contributed by atoms with Gasteiger partial charge in [-0.25, -0.2) is 4.98 Å². The maximum atomic E-state index is 12.2. The third-order valence-corrected chi connectivity index (χ3v) is 5.23. The zero-order valence-electron chi connectivity index (χ0n) is 15.0. The Morgan fingerprint density at radius 3 is 2.96 bits per heavy atom. The summed E-state index contributed by atoms with van der Waals surface area (Å²) in [4.78, 5) is 16.7. The summed E-state index contributed by atoms with van der Waals surface area (Å²) in [5.74, 6) is 1.43. The number of nitrogens with zero attached hydrogens (tertiary/aromatic N) is 5. The van der Waals surface area contributed by atoms with E-state index in [9.17, 15) is 4.79 Å². The highest BCUT2D eigenvalue weighted by Crippen LogP contribution is 2.24. The fraction of sp³-hybridized carbons (Fsp3) is 0.222. The molecule has 4 heterocycles. The summed E-state index contributed by atoms with van der Waals surface area (Å²) >= 11 is 7.31. The highest BCUT2D eigenvalue weighted by molar-refractivity contribution is 7.99. The summed E-state index contributed by atoms with van der Waals surface area (Å²) in [5, 5.41) is 12.5. The molecule has 144 valence electrons. The van der Waals surface area contributed by atoms with E-state index in [4.69, 9.17) is 16.0 Å². The molecule has 28 heavy (non-hydrogen) atoms. The first-order chi connectivity index (χ1) is 13.6. The number of hydrogen-bond donors (Lipinski definition) is 1. The smallest absolute Gasteiger partial charge is 0.230 e. The molecule has 4 aromatic heterocycles. The Kier molecular flexibility index (Phi) is 5.36. The number of amides is 1. The summed E-state index contributed by atoms with van der Waals surface area (Å²) in [6.45, 7) is 3.02. The number of halogens is 1. The molecule has 0 aliphatic rings. The van der Waals surface area contributed by atoms with Gasteiger partial charge in [-0.15, -0.1) is 10.2 Å². The first-order valence-electron chi connectivity index (χ1n) is 8.63. The average Bonchev–Trinajstić information content (AvgIpc) is 3.42. The first kappa shape index (κ1) is 18.6. The number of hydrogen-bond acceptors (Lipinski definition) is 6. The number of carbonyl (C=O) groups is 1. The molecule has 0 fully saturated rings. The van der Waals surface area contributed by atoms with Gasteiger partial charge in [0, 0.05) is 18.9 Å². The van der Waals surface area contributed by atoms with Gasteiger partial charge in [-0.05, 0) is 31.2 Å². The molecule has 4 aromatic rings. The van der Waals surface area contributed by atoms with E-state index in [0.29, 0.717) is 34.9 Å². The van der Waals surface area contributed by atoms with E-state index in [2.05, 4.69) is 20.5 Å². The van der Waals surface area contributed by atoms with Gasteiger partial charge in [0.1, 0.15) is 5.65 Å². The normalized spacial score (nSPS) is 11.2. The zero-order chi connectivity index (χ0) is 19.5. The van der Waals surface area contributed by atoms with Crippen molar-refractivity contribution in [1.29, 1.82) is 0 Å². The van der Waals surface area contributed by atoms with Crippen LogP contribution in [0, 0.1) is 0 Å². The molecule has 0 aliphatic heterocycles. The summed E-state index contributed by atoms with van der Waals surface area (Å²) in [7, 11) is 0. The maximum Gasteiger partial charge on any atom is 0.230 e. The largest absolute Gasteiger partial charge is 0.461 e. The minimum absolute atomic E-state index is 0.106. The first-order valence-corrected chi connectivity index (χ1v) is 10.00. The molecule has 0 radical (unpaired) electrons. The van der Waals surface area contributed by atoms with Gasteiger partial charge in [-0.2, -0.15) is 0 Å². The molecule has 0 bridgehead atoms. The van der Waals surface area contributed by atoms with Gasteiger partial charge in [0.2, 0.25) is 5.91 Å². The van der Waals surface area contributed by atoms with Crippen molar-refractivity contribution >= 4 is 34.9 Å². The lowest BCUT2D eigenvalue weighted by atomic mass is 10.4. The lowest BCUT2D eigenvalue weighted by Gasteiger charge is -2.06. The van der Waals surface area contributed by atoms with Crippen LogP contribution in [0.4, 0.5) is 0 Å². The van der Waals surface area contributed by atoms with Gasteiger partial charge in [-0.3, -0.25) is 9.36 Å². The fourth-order valence-electron chi connectivity index (χ4n) is 2.74. The van der Waals surface area contributed by atoms with Gasteiger partial charge in [-0.1, -0.05) is 23.4 Å². The van der Waals surface area contributed by atoms with Crippen LogP contribution < -0.4 is 5.32 Å². The van der Waals surface area contributed by atoms with Gasteiger partial charge < -0.3 is 14.1 Å². The molecule has 0 saturated carbocycles. The van der Waals surface area contributed by atoms with Gasteiger partial charge in [0.25, 0.3) is 0 Å². The second-order valence-corrected chi connectivity index (χ2v) is 7.32. The summed E-state index contributed by atoms with van der Waals surface area (Å²) in [6, 6.07) is 7.25. The molecule has 10 heteroatoms. The van der Waals surface area contributed by atoms with Crippen molar-refractivity contribution < 1.29 is 9.21 Å². The van der Waals surface area contributed by atoms with Gasteiger partial charge in [0.15, 0.2) is 16.7 Å². The average molecular weight is 417 g/mol. The van der Waals surface area contributed by atoms with Gasteiger partial charge >= 0.3 is 0 Å². The van der Waals surface area contributed by atoms with Crippen molar-refractivity contribution in [1.82, 2.24) is 29.5 Å². The molecule has 0 aliphatic carbocycles. The maximum absolute atomic E-state index is 12.2. The van der Waals surface area contributed by atoms with Gasteiger partial charge in [0.05, 0.1) is 29.3 Å². The molecule has 0 saturated heterocycles. The summed E-state index contributed by atoms with van der Waals surface area (Å²) in [5.41, 5.74) is 1.54. The van der Waals surface area contributed by atoms with Crippen molar-refractivity contribution in [3.8, 4) is 11.6 Å². The van der Waals surface area contributed by atoms with Crippen molar-refractivity contribution in [2.45, 2.75) is 25.2 Å². The number of pyridine rings is 1. The number of furan rings is 1. The molecule has 8 nitrogen and oxygen atoms in total. The van der Waals surface area contributed by atoms with E-state index >= 15 is 0 Å². The lowest BCUT2D eigenvalue weighted by molar-refractivity contribution is -0.118. The van der Waals surface area contributed by atoms with E-state index in [0.717, 1.165) is 11.3 Å². The summed E-state index contributed by atoms with van der Waals surface area (Å²) < 4.78 is 9.14. The monoisotopic (exact) mass is 416 g/mol. The van der Waals surface area contributed by atoms with E-state index in [-0.39, 0.29) is 11.7 Å². The molecule has 1 amide bonds. The van der Waals surface area contributed by atoms with E-state index in [1.165, 1.54) is 11.8 Å². The fourth-order valence-corrected chi connectivity index (χ4v) is 3.74. The predicted molar refractivity (Wildman–Crippen MR) is 106 cm³/mol. The van der Waals surface area contributed by atoms with Crippen LogP contribution >= 0.6 is 23.4 Å². The minimum Gasteiger partial charge on any atom is -0.461 e. The highest BCUT2D eigenvalue weighted by atomic mass is 35.5. The van der Waals surface area contributed by atoms with Crippen LogP contribution in [0.5, 0.6) is 0 Å². The SMILES string of the molecule is CCn1c(SCC(=O)NCc2cn3cc(Cl)ccc3n2)nnc1-c1ccco1. The number of imidazole rings is 1. The second-order valence-electron chi connectivity index (χ2n) is 5.94. The molecule has 1 N–H and O–H groups in total. The Hall–Kier alpha value is -2.78. The highest BCUT2D eigenvalue weighted by Gasteiger charge is 2.16. The Bertz CT molecular complexity index is 1100. The van der Waals surface area contributed by atoms with Crippen LogP contribution in [0.3, 0.4) is 0 Å². The summed E-state index contributed by atoms with van der Waals surface area (Å²) in [6.07, 6.45) is 5.22. The molecular weight excluding hydrogens is 400 g/mol. The minimum atomic E-state index is -0.106. The molecule has 4 rings (SSSR count). The second kappa shape index (κ2) is 8.07. The quantitative estimate of drug-likeness (QED) is 0.465. The van der Waals surface area contributed by atoms with Crippen LogP contribution in [0.15, 0.2) is 52.5 Å². The lowest BCUT2D eigenvalue weighted by Crippen LogP contribution is -2.24. The van der Waals surface area contributed by atoms with E-state index in [1.54, 1.807) is 24.6 Å². The Labute approximate surface area is 169 Å². The molecule has 0 atom stereocenters. The van der Waals surface area contributed by atoms with Crippen molar-refractivity contribution in [2.24, 2.45) is 0 Å². The Balaban J connectivity index is 1.35. The number of carbonyl (C=O) groups excluding carboxylic acids is 1. The predicted octanol–water partition coefficient (Wildman–Crippen LogP) is 3.27. The number of rotatable bonds is 7. The topological polar surface area (TPSA) is 90.2 Å². The van der Waals surface area contributed by atoms with Crippen molar-refractivity contribution in [2.75, 3.05) is 5.75 Å². The Morgan fingerprint density at radius 1 is 1.29 bits per heavy atom. The van der Waals surface area contributed by atoms with Crippen molar-refractivity contribution in [3.05, 3.63) is 53.6 Å². The van der Waals surface area contributed by atoms with E-state index < -0.39 is 0 Å². The van der Waals surface area contributed by atoms with Crippen LogP contribution in [0.1, 0.15) is 12.6 Å². The standard InChI is InChI=1S/C18H17ClN6O2S/c1-2-25-17(14-4-3-7-27-14)22-23-18(25)28-11-16(26)20-8-13-10-24-9-12(19)5-6-15(24)21-13/h3-7,9-10H,2,8,11H2,1H3,(H,20,26). The third kappa shape index (κ3) is 3.90. The molecule has 0 unspecified atom stereocenters. The van der Waals surface area contributed by atoms with E-state index in [1.807, 2.05) is 34.2 Å². The number of nitrogens with one attached hydrogen (secondary N) is 1.